The van der Waals surface area contributed by atoms with Gasteiger partial charge in [-0.1, -0.05) is 0 Å². The third-order valence-corrected chi connectivity index (χ3v) is 4.17. The first-order chi connectivity index (χ1) is 11.3. The zero-order valence-electron chi connectivity index (χ0n) is 13.0. The van der Waals surface area contributed by atoms with E-state index in [-0.39, 0.29) is 21.8 Å². The standard InChI is InChI=1S/C15H15N3O5S/c1-3-23-9-4-5-11(10(6-9)14(16)19)17-15(20)13-7-12(18(21)22)8(2)24-13/h4-7H,3H2,1-2H3,(H2,16,19)(H,17,20). The van der Waals surface area contributed by atoms with Crippen molar-refractivity contribution < 1.29 is 19.2 Å². The lowest BCUT2D eigenvalue weighted by atomic mass is 10.1. The van der Waals surface area contributed by atoms with Crippen LogP contribution in [0.5, 0.6) is 5.75 Å². The normalized spacial score (nSPS) is 10.2. The summed E-state index contributed by atoms with van der Waals surface area (Å²) in [5, 5.41) is 13.4. The van der Waals surface area contributed by atoms with Gasteiger partial charge in [0.15, 0.2) is 0 Å². The number of carbonyl (C=O) groups excluding carboxylic acids is 2. The van der Waals surface area contributed by atoms with Crippen molar-refractivity contribution in [2.45, 2.75) is 13.8 Å². The predicted molar refractivity (Wildman–Crippen MR) is 89.8 cm³/mol. The highest BCUT2D eigenvalue weighted by Crippen LogP contribution is 2.29. The average molecular weight is 349 g/mol. The van der Waals surface area contributed by atoms with Gasteiger partial charge in [0.1, 0.15) is 5.75 Å². The summed E-state index contributed by atoms with van der Waals surface area (Å²) >= 11 is 1.00. The lowest BCUT2D eigenvalue weighted by Crippen LogP contribution is -2.18. The van der Waals surface area contributed by atoms with E-state index in [4.69, 9.17) is 10.5 Å². The van der Waals surface area contributed by atoms with Gasteiger partial charge < -0.3 is 15.8 Å². The zero-order chi connectivity index (χ0) is 17.9. The molecular formula is C15H15N3O5S. The number of hydrogen-bond acceptors (Lipinski definition) is 6. The molecule has 9 heteroatoms. The van der Waals surface area contributed by atoms with Crippen molar-refractivity contribution in [2.24, 2.45) is 5.73 Å². The van der Waals surface area contributed by atoms with Gasteiger partial charge in [-0.05, 0) is 32.0 Å². The Bertz CT molecular complexity index is 815. The van der Waals surface area contributed by atoms with Crippen LogP contribution >= 0.6 is 11.3 Å². The van der Waals surface area contributed by atoms with Crippen molar-refractivity contribution in [3.8, 4) is 5.75 Å². The molecule has 8 nitrogen and oxygen atoms in total. The van der Waals surface area contributed by atoms with E-state index >= 15 is 0 Å². The third kappa shape index (κ3) is 3.69. The van der Waals surface area contributed by atoms with Gasteiger partial charge in [-0.3, -0.25) is 19.7 Å². The Kier molecular flexibility index (Phi) is 5.14. The molecular weight excluding hydrogens is 334 g/mol. The number of ether oxygens (including phenoxy) is 1. The van der Waals surface area contributed by atoms with Crippen molar-refractivity contribution in [3.63, 3.8) is 0 Å². The van der Waals surface area contributed by atoms with E-state index in [2.05, 4.69) is 5.32 Å². The van der Waals surface area contributed by atoms with Crippen LogP contribution in [0.15, 0.2) is 24.3 Å². The van der Waals surface area contributed by atoms with Gasteiger partial charge in [-0.2, -0.15) is 0 Å². The van der Waals surface area contributed by atoms with Crippen LogP contribution < -0.4 is 15.8 Å². The summed E-state index contributed by atoms with van der Waals surface area (Å²) in [6.07, 6.45) is 0. The van der Waals surface area contributed by atoms with Gasteiger partial charge in [0.05, 0.1) is 32.5 Å². The molecule has 1 aromatic carbocycles. The minimum atomic E-state index is -0.722. The second-order valence-corrected chi connectivity index (χ2v) is 6.02. The number of benzene rings is 1. The lowest BCUT2D eigenvalue weighted by Gasteiger charge is -2.10. The first-order valence-electron chi connectivity index (χ1n) is 6.96. The number of aryl methyl sites for hydroxylation is 1. The molecule has 24 heavy (non-hydrogen) atoms. The van der Waals surface area contributed by atoms with Gasteiger partial charge >= 0.3 is 0 Å². The molecule has 0 radical (unpaired) electrons. The van der Waals surface area contributed by atoms with Crippen LogP contribution in [0.3, 0.4) is 0 Å². The van der Waals surface area contributed by atoms with E-state index in [1.165, 1.54) is 18.2 Å². The molecule has 0 aliphatic rings. The van der Waals surface area contributed by atoms with Crippen molar-refractivity contribution >= 4 is 34.5 Å². The smallest absolute Gasteiger partial charge is 0.283 e. The molecule has 2 amide bonds. The number of carbonyl (C=O) groups is 2. The fraction of sp³-hybridized carbons (Fsp3) is 0.200. The SMILES string of the molecule is CCOc1ccc(NC(=O)c2cc([N+](=O)[O-])c(C)s2)c(C(N)=O)c1. The molecule has 0 saturated heterocycles. The van der Waals surface area contributed by atoms with E-state index in [0.29, 0.717) is 17.2 Å². The number of primary amides is 1. The number of nitrogens with one attached hydrogen (secondary N) is 1. The molecule has 0 aliphatic carbocycles. The van der Waals surface area contributed by atoms with E-state index in [9.17, 15) is 19.7 Å². The summed E-state index contributed by atoms with van der Waals surface area (Å²) in [5.74, 6) is -0.824. The number of thiophene rings is 1. The van der Waals surface area contributed by atoms with Crippen molar-refractivity contribution in [1.82, 2.24) is 0 Å². The van der Waals surface area contributed by atoms with Crippen molar-refractivity contribution in [3.05, 3.63) is 49.7 Å². The molecule has 0 bridgehead atoms. The monoisotopic (exact) mass is 349 g/mol. The lowest BCUT2D eigenvalue weighted by molar-refractivity contribution is -0.385. The maximum atomic E-state index is 12.3. The third-order valence-electron chi connectivity index (χ3n) is 3.13. The topological polar surface area (TPSA) is 125 Å². The molecule has 0 atom stereocenters. The summed E-state index contributed by atoms with van der Waals surface area (Å²) in [7, 11) is 0. The van der Waals surface area contributed by atoms with Crippen LogP contribution in [0.1, 0.15) is 31.8 Å². The van der Waals surface area contributed by atoms with E-state index < -0.39 is 16.7 Å². The van der Waals surface area contributed by atoms with Crippen LogP contribution in [-0.4, -0.2) is 23.3 Å². The first kappa shape index (κ1) is 17.4. The van der Waals surface area contributed by atoms with Crippen LogP contribution in [0.2, 0.25) is 0 Å². The van der Waals surface area contributed by atoms with Gasteiger partial charge in [0.25, 0.3) is 17.5 Å². The Morgan fingerprint density at radius 3 is 2.62 bits per heavy atom. The maximum Gasteiger partial charge on any atom is 0.283 e. The fourth-order valence-corrected chi connectivity index (χ4v) is 2.92. The summed E-state index contributed by atoms with van der Waals surface area (Å²) < 4.78 is 5.29. The minimum absolute atomic E-state index is 0.0945. The number of nitro groups is 1. The van der Waals surface area contributed by atoms with Crippen molar-refractivity contribution in [2.75, 3.05) is 11.9 Å². The van der Waals surface area contributed by atoms with Crippen LogP contribution in [0.4, 0.5) is 11.4 Å². The highest BCUT2D eigenvalue weighted by Gasteiger charge is 2.21. The summed E-state index contributed by atoms with van der Waals surface area (Å²) in [4.78, 5) is 34.8. The number of nitrogens with zero attached hydrogens (tertiary/aromatic N) is 1. The predicted octanol–water partition coefficient (Wildman–Crippen LogP) is 2.71. The largest absolute Gasteiger partial charge is 0.494 e. The molecule has 0 spiro atoms. The summed E-state index contributed by atoms with van der Waals surface area (Å²) in [6, 6.07) is 5.73. The second kappa shape index (κ2) is 7.09. The Morgan fingerprint density at radius 1 is 1.38 bits per heavy atom. The summed E-state index contributed by atoms with van der Waals surface area (Å²) in [6.45, 7) is 3.78. The van der Waals surface area contributed by atoms with Gasteiger partial charge in [-0.25, -0.2) is 0 Å². The molecule has 2 aromatic rings. The molecule has 0 unspecified atom stereocenters. The first-order valence-corrected chi connectivity index (χ1v) is 7.78. The summed E-state index contributed by atoms with van der Waals surface area (Å²) in [5.41, 5.74) is 5.52. The Morgan fingerprint density at radius 2 is 2.08 bits per heavy atom. The second-order valence-electron chi connectivity index (χ2n) is 4.77. The highest BCUT2D eigenvalue weighted by atomic mass is 32.1. The zero-order valence-corrected chi connectivity index (χ0v) is 13.8. The molecule has 126 valence electrons. The molecule has 2 rings (SSSR count). The van der Waals surface area contributed by atoms with Gasteiger partial charge in [0, 0.05) is 6.07 Å². The quantitative estimate of drug-likeness (QED) is 0.613. The van der Waals surface area contributed by atoms with Crippen LogP contribution in [-0.2, 0) is 0 Å². The van der Waals surface area contributed by atoms with Crippen molar-refractivity contribution in [1.29, 1.82) is 0 Å². The Labute approximate surface area is 141 Å². The maximum absolute atomic E-state index is 12.3. The molecule has 1 heterocycles. The van der Waals surface area contributed by atoms with E-state index in [1.807, 2.05) is 0 Å². The van der Waals surface area contributed by atoms with Gasteiger partial charge in [-0.15, -0.1) is 11.3 Å². The molecule has 0 fully saturated rings. The number of rotatable bonds is 6. The molecule has 1 aromatic heterocycles. The van der Waals surface area contributed by atoms with Crippen LogP contribution in [0, 0.1) is 17.0 Å². The number of hydrogen-bond donors (Lipinski definition) is 2. The Balaban J connectivity index is 2.30. The molecule has 0 aliphatic heterocycles. The molecule has 3 N–H and O–H groups in total. The van der Waals surface area contributed by atoms with E-state index in [1.54, 1.807) is 19.9 Å². The fourth-order valence-electron chi connectivity index (χ4n) is 2.04. The Hall–Kier alpha value is -2.94. The highest BCUT2D eigenvalue weighted by molar-refractivity contribution is 7.14. The molecule has 0 saturated carbocycles. The van der Waals surface area contributed by atoms with Gasteiger partial charge in [0.2, 0.25) is 0 Å². The van der Waals surface area contributed by atoms with E-state index in [0.717, 1.165) is 11.3 Å². The average Bonchev–Trinajstić information content (AvgIpc) is 2.91. The number of anilines is 1. The number of amides is 2. The van der Waals surface area contributed by atoms with Crippen LogP contribution in [0.25, 0.3) is 0 Å². The number of nitrogens with two attached hydrogens (primary N) is 1. The minimum Gasteiger partial charge on any atom is -0.494 e.